The van der Waals surface area contributed by atoms with Gasteiger partial charge in [-0.2, -0.15) is 0 Å². The van der Waals surface area contributed by atoms with E-state index in [2.05, 4.69) is 4.98 Å². The molecule has 0 spiro atoms. The summed E-state index contributed by atoms with van der Waals surface area (Å²) >= 11 is 0. The molecular weight excluding hydrogens is 172 g/mol. The van der Waals surface area contributed by atoms with Crippen LogP contribution in [0.25, 0.3) is 0 Å². The number of aliphatic hydroxyl groups is 3. The largest absolute Gasteiger partial charge is 0.391 e. The van der Waals surface area contributed by atoms with Crippen LogP contribution in [0.5, 0.6) is 0 Å². The maximum absolute atomic E-state index is 9.59. The highest BCUT2D eigenvalue weighted by atomic mass is 16.3. The first-order valence-corrected chi connectivity index (χ1v) is 4.22. The number of hydrogen-bond donors (Lipinski definition) is 3. The van der Waals surface area contributed by atoms with Crippen LogP contribution in [-0.4, -0.2) is 37.1 Å². The van der Waals surface area contributed by atoms with E-state index in [1.165, 1.54) is 6.20 Å². The van der Waals surface area contributed by atoms with Crippen LogP contribution in [0.4, 0.5) is 0 Å². The van der Waals surface area contributed by atoms with Crippen molar-refractivity contribution < 1.29 is 15.3 Å². The molecule has 1 aromatic heterocycles. The lowest BCUT2D eigenvalue weighted by Crippen LogP contribution is -2.21. The third-order valence-electron chi connectivity index (χ3n) is 2.33. The zero-order valence-electron chi connectivity index (χ0n) is 7.04. The molecule has 5 nitrogen and oxygen atoms in total. The van der Waals surface area contributed by atoms with Crippen molar-refractivity contribution in [3.05, 3.63) is 18.2 Å². The summed E-state index contributed by atoms with van der Waals surface area (Å²) in [5.41, 5.74) is 0.559. The van der Waals surface area contributed by atoms with Crippen LogP contribution in [0.1, 0.15) is 18.2 Å². The van der Waals surface area contributed by atoms with Gasteiger partial charge in [0.05, 0.1) is 30.4 Å². The van der Waals surface area contributed by atoms with E-state index in [-0.39, 0.29) is 6.42 Å². The number of hydrogen-bond acceptors (Lipinski definition) is 4. The van der Waals surface area contributed by atoms with Crippen LogP contribution in [0.15, 0.2) is 12.5 Å². The Balaban J connectivity index is 2.36. The first kappa shape index (κ1) is 8.68. The highest BCUT2D eigenvalue weighted by molar-refractivity contribution is 5.07. The van der Waals surface area contributed by atoms with Gasteiger partial charge < -0.3 is 19.9 Å². The van der Waals surface area contributed by atoms with E-state index < -0.39 is 18.3 Å². The Kier molecular flexibility index (Phi) is 2.07. The van der Waals surface area contributed by atoms with E-state index in [1.54, 1.807) is 10.9 Å². The molecule has 0 aliphatic carbocycles. The second-order valence-corrected chi connectivity index (χ2v) is 3.37. The van der Waals surface area contributed by atoms with Crippen molar-refractivity contribution in [2.45, 2.75) is 31.3 Å². The molecule has 2 rings (SSSR count). The van der Waals surface area contributed by atoms with Gasteiger partial charge in [0.1, 0.15) is 6.10 Å². The Morgan fingerprint density at radius 2 is 2.15 bits per heavy atom. The fraction of sp³-hybridized carbons (Fsp3) is 0.625. The predicted molar refractivity (Wildman–Crippen MR) is 43.8 cm³/mol. The fourth-order valence-corrected chi connectivity index (χ4v) is 1.64. The topological polar surface area (TPSA) is 78.5 Å². The van der Waals surface area contributed by atoms with Crippen molar-refractivity contribution in [1.82, 2.24) is 9.55 Å². The molecule has 0 saturated heterocycles. The zero-order chi connectivity index (χ0) is 9.42. The number of imidazole rings is 1. The maximum atomic E-state index is 9.59. The zero-order valence-corrected chi connectivity index (χ0v) is 7.04. The normalized spacial score (nSPS) is 33.9. The minimum Gasteiger partial charge on any atom is -0.391 e. The molecular formula is C8H12N2O3. The molecule has 0 fully saturated rings. The van der Waals surface area contributed by atoms with E-state index in [4.69, 9.17) is 0 Å². The van der Waals surface area contributed by atoms with Crippen molar-refractivity contribution >= 4 is 0 Å². The molecule has 72 valence electrons. The summed E-state index contributed by atoms with van der Waals surface area (Å²) in [4.78, 5) is 3.85. The third kappa shape index (κ3) is 1.46. The molecule has 2 heterocycles. The van der Waals surface area contributed by atoms with Gasteiger partial charge in [-0.3, -0.25) is 0 Å². The SMILES string of the molecule is O[C@H]1C[C@H](O)[C@H](O)c2cncn2C1. The molecule has 13 heavy (non-hydrogen) atoms. The Morgan fingerprint density at radius 3 is 2.92 bits per heavy atom. The second-order valence-electron chi connectivity index (χ2n) is 3.37. The number of rotatable bonds is 0. The fourth-order valence-electron chi connectivity index (χ4n) is 1.64. The molecule has 3 N–H and O–H groups in total. The average molecular weight is 184 g/mol. The van der Waals surface area contributed by atoms with Crippen LogP contribution in [0.3, 0.4) is 0 Å². The molecule has 0 radical (unpaired) electrons. The third-order valence-corrected chi connectivity index (χ3v) is 2.33. The monoisotopic (exact) mass is 184 g/mol. The molecule has 0 amide bonds. The van der Waals surface area contributed by atoms with Crippen molar-refractivity contribution in [2.75, 3.05) is 0 Å². The summed E-state index contributed by atoms with van der Waals surface area (Å²) in [6.45, 7) is 0.378. The van der Waals surface area contributed by atoms with Crippen LogP contribution in [0.2, 0.25) is 0 Å². The van der Waals surface area contributed by atoms with Gasteiger partial charge in [-0.15, -0.1) is 0 Å². The number of nitrogens with zero attached hydrogens (tertiary/aromatic N) is 2. The van der Waals surface area contributed by atoms with Crippen LogP contribution >= 0.6 is 0 Å². The molecule has 0 saturated carbocycles. The van der Waals surface area contributed by atoms with Gasteiger partial charge in [0.15, 0.2) is 0 Å². The molecule has 1 aromatic rings. The van der Waals surface area contributed by atoms with E-state index >= 15 is 0 Å². The van der Waals surface area contributed by atoms with Crippen molar-refractivity contribution in [3.8, 4) is 0 Å². The van der Waals surface area contributed by atoms with Crippen molar-refractivity contribution in [2.24, 2.45) is 0 Å². The lowest BCUT2D eigenvalue weighted by Gasteiger charge is -2.14. The van der Waals surface area contributed by atoms with E-state index in [9.17, 15) is 15.3 Å². The maximum Gasteiger partial charge on any atom is 0.121 e. The predicted octanol–water partition coefficient (Wildman–Crippen LogP) is -0.958. The van der Waals surface area contributed by atoms with Gasteiger partial charge in [-0.05, 0) is 0 Å². The van der Waals surface area contributed by atoms with E-state index in [0.29, 0.717) is 12.2 Å². The van der Waals surface area contributed by atoms with Gasteiger partial charge in [0, 0.05) is 13.0 Å². The second kappa shape index (κ2) is 3.10. The summed E-state index contributed by atoms with van der Waals surface area (Å²) < 4.78 is 1.66. The summed E-state index contributed by atoms with van der Waals surface area (Å²) in [5, 5.41) is 28.5. The van der Waals surface area contributed by atoms with Gasteiger partial charge in [0.2, 0.25) is 0 Å². The first-order valence-electron chi connectivity index (χ1n) is 4.22. The summed E-state index contributed by atoms with van der Waals surface area (Å²) in [5.74, 6) is 0. The smallest absolute Gasteiger partial charge is 0.121 e. The van der Waals surface area contributed by atoms with E-state index in [0.717, 1.165) is 0 Å². The van der Waals surface area contributed by atoms with Crippen LogP contribution in [-0.2, 0) is 6.54 Å². The molecule has 1 aliphatic rings. The van der Waals surface area contributed by atoms with Crippen molar-refractivity contribution in [3.63, 3.8) is 0 Å². The minimum atomic E-state index is -0.945. The standard InChI is InChI=1S/C8H12N2O3/c11-5-1-7(12)8(13)6-2-9-4-10(6)3-5/h2,4-5,7-8,11-13H,1,3H2/t5-,7-,8+/m0/s1. The molecule has 1 aliphatic heterocycles. The highest BCUT2D eigenvalue weighted by Gasteiger charge is 2.28. The van der Waals surface area contributed by atoms with Gasteiger partial charge in [0.25, 0.3) is 0 Å². The first-order chi connectivity index (χ1) is 6.18. The van der Waals surface area contributed by atoms with Crippen LogP contribution < -0.4 is 0 Å². The Labute approximate surface area is 75.3 Å². The highest BCUT2D eigenvalue weighted by Crippen LogP contribution is 2.23. The molecule has 0 aromatic carbocycles. The average Bonchev–Trinajstić information content (AvgIpc) is 2.47. The Hall–Kier alpha value is -0.910. The van der Waals surface area contributed by atoms with Crippen molar-refractivity contribution in [1.29, 1.82) is 0 Å². The molecule has 0 unspecified atom stereocenters. The van der Waals surface area contributed by atoms with Gasteiger partial charge >= 0.3 is 0 Å². The molecule has 0 bridgehead atoms. The summed E-state index contributed by atoms with van der Waals surface area (Å²) in [6, 6.07) is 0. The number of aliphatic hydroxyl groups excluding tert-OH is 3. The summed E-state index contributed by atoms with van der Waals surface area (Å²) in [7, 11) is 0. The lowest BCUT2D eigenvalue weighted by molar-refractivity contribution is -0.00697. The molecule has 5 heteroatoms. The Bertz CT molecular complexity index is 299. The quantitative estimate of drug-likeness (QED) is 0.485. The summed E-state index contributed by atoms with van der Waals surface area (Å²) in [6.07, 6.45) is 0.766. The van der Waals surface area contributed by atoms with Crippen LogP contribution in [0, 0.1) is 0 Å². The lowest BCUT2D eigenvalue weighted by atomic mass is 10.1. The molecule has 3 atom stereocenters. The van der Waals surface area contributed by atoms with E-state index in [1.807, 2.05) is 0 Å². The van der Waals surface area contributed by atoms with Gasteiger partial charge in [-0.25, -0.2) is 4.98 Å². The number of aromatic nitrogens is 2. The minimum absolute atomic E-state index is 0.197. The van der Waals surface area contributed by atoms with Gasteiger partial charge in [-0.1, -0.05) is 0 Å². The Morgan fingerprint density at radius 1 is 1.38 bits per heavy atom. The number of fused-ring (bicyclic) bond motifs is 1.